The summed E-state index contributed by atoms with van der Waals surface area (Å²) in [5.74, 6) is -2.34. The van der Waals surface area contributed by atoms with E-state index in [2.05, 4.69) is 5.32 Å². The number of hydrogen-bond donors (Lipinski definition) is 1. The Morgan fingerprint density at radius 1 is 1.06 bits per heavy atom. The van der Waals surface area contributed by atoms with E-state index < -0.39 is 23.8 Å². The van der Waals surface area contributed by atoms with E-state index in [1.54, 1.807) is 30.3 Å². The van der Waals surface area contributed by atoms with Crippen LogP contribution in [0.25, 0.3) is 0 Å². The van der Waals surface area contributed by atoms with Crippen LogP contribution in [0.1, 0.15) is 55.0 Å². The second kappa shape index (κ2) is 7.79. The molecular weight excluding hydrogens is 398 g/mol. The summed E-state index contributed by atoms with van der Waals surface area (Å²) in [7, 11) is 1.35. The second-order valence-corrected chi connectivity index (χ2v) is 7.72. The summed E-state index contributed by atoms with van der Waals surface area (Å²) in [6.07, 6.45) is 0.187. The van der Waals surface area contributed by atoms with Crippen LogP contribution in [0.4, 0.5) is 0 Å². The molecule has 2 aromatic rings. The Bertz CT molecular complexity index is 1140. The maximum atomic E-state index is 13.2. The molecule has 31 heavy (non-hydrogen) atoms. The van der Waals surface area contributed by atoms with Crippen LogP contribution in [0.5, 0.6) is 0 Å². The molecule has 0 bridgehead atoms. The van der Waals surface area contributed by atoms with E-state index in [0.29, 0.717) is 11.1 Å². The van der Waals surface area contributed by atoms with Gasteiger partial charge < -0.3 is 5.32 Å². The van der Waals surface area contributed by atoms with E-state index in [4.69, 9.17) is 0 Å². The number of hydrogen-bond acceptors (Lipinski definition) is 5. The molecule has 1 N–H and O–H groups in total. The zero-order valence-electron chi connectivity index (χ0n) is 17.2. The first-order valence-corrected chi connectivity index (χ1v) is 9.94. The lowest BCUT2D eigenvalue weighted by molar-refractivity contribution is -0.149. The predicted molar refractivity (Wildman–Crippen MR) is 110 cm³/mol. The van der Waals surface area contributed by atoms with Gasteiger partial charge in [0.25, 0.3) is 23.6 Å². The Labute approximate surface area is 178 Å². The first-order valence-electron chi connectivity index (χ1n) is 9.94. The average molecular weight is 419 g/mol. The van der Waals surface area contributed by atoms with Gasteiger partial charge in [0.1, 0.15) is 6.04 Å². The number of likely N-dealkylation sites (tertiary alicyclic amines) is 1. The number of amides is 5. The minimum atomic E-state index is -1.01. The molecule has 0 spiro atoms. The standard InChI is InChI=1S/C23H21N3O5/c1-13-5-3-6-14(11-13)20(28)24-12-15-7-4-8-16-19(15)23(31)26(21(16)29)17-9-10-18(27)25(2)22(17)30/h3-8,11,17H,9-10,12H2,1-2H3,(H,24,28). The molecule has 4 rings (SSSR count). The number of fused-ring (bicyclic) bond motifs is 1. The molecule has 2 heterocycles. The van der Waals surface area contributed by atoms with E-state index in [-0.39, 0.29) is 42.3 Å². The number of rotatable bonds is 4. The van der Waals surface area contributed by atoms with Crippen molar-refractivity contribution in [1.29, 1.82) is 0 Å². The van der Waals surface area contributed by atoms with E-state index in [0.717, 1.165) is 15.4 Å². The highest BCUT2D eigenvalue weighted by Gasteiger charge is 2.46. The summed E-state index contributed by atoms with van der Waals surface area (Å²) < 4.78 is 0. The van der Waals surface area contributed by atoms with E-state index >= 15 is 0 Å². The first-order chi connectivity index (χ1) is 14.8. The van der Waals surface area contributed by atoms with Gasteiger partial charge in [0.2, 0.25) is 5.91 Å². The highest BCUT2D eigenvalue weighted by Crippen LogP contribution is 2.31. The van der Waals surface area contributed by atoms with Gasteiger partial charge in [0, 0.05) is 25.6 Å². The Morgan fingerprint density at radius 3 is 2.55 bits per heavy atom. The van der Waals surface area contributed by atoms with Crippen LogP contribution in [-0.4, -0.2) is 52.4 Å². The number of benzene rings is 2. The first kappa shape index (κ1) is 20.5. The van der Waals surface area contributed by atoms with Gasteiger partial charge in [-0.15, -0.1) is 0 Å². The quantitative estimate of drug-likeness (QED) is 0.760. The zero-order chi connectivity index (χ0) is 22.3. The minimum Gasteiger partial charge on any atom is -0.348 e. The third kappa shape index (κ3) is 3.50. The molecule has 8 heteroatoms. The van der Waals surface area contributed by atoms with E-state index in [1.165, 1.54) is 13.1 Å². The van der Waals surface area contributed by atoms with Crippen LogP contribution in [0.3, 0.4) is 0 Å². The van der Waals surface area contributed by atoms with Crippen molar-refractivity contribution in [2.75, 3.05) is 7.05 Å². The molecule has 1 atom stereocenters. The maximum absolute atomic E-state index is 13.2. The second-order valence-electron chi connectivity index (χ2n) is 7.72. The molecule has 0 saturated carbocycles. The largest absolute Gasteiger partial charge is 0.348 e. The topological polar surface area (TPSA) is 104 Å². The van der Waals surface area contributed by atoms with Gasteiger partial charge in [-0.1, -0.05) is 29.8 Å². The average Bonchev–Trinajstić information content (AvgIpc) is 3.01. The van der Waals surface area contributed by atoms with Crippen molar-refractivity contribution in [3.8, 4) is 0 Å². The molecule has 0 aromatic heterocycles. The fourth-order valence-electron chi connectivity index (χ4n) is 4.00. The van der Waals surface area contributed by atoms with Crippen LogP contribution in [-0.2, 0) is 16.1 Å². The minimum absolute atomic E-state index is 0.0554. The molecule has 1 saturated heterocycles. The summed E-state index contributed by atoms with van der Waals surface area (Å²) in [4.78, 5) is 64.8. The molecule has 0 aliphatic carbocycles. The molecular formula is C23H21N3O5. The molecule has 158 valence electrons. The number of imide groups is 2. The number of carbonyl (C=O) groups excluding carboxylic acids is 5. The lowest BCUT2D eigenvalue weighted by atomic mass is 10.0. The van der Waals surface area contributed by atoms with Crippen molar-refractivity contribution in [2.45, 2.75) is 32.4 Å². The molecule has 1 unspecified atom stereocenters. The molecule has 0 radical (unpaired) electrons. The maximum Gasteiger partial charge on any atom is 0.262 e. The highest BCUT2D eigenvalue weighted by molar-refractivity contribution is 6.24. The Balaban J connectivity index is 1.58. The van der Waals surface area contributed by atoms with E-state index in [1.807, 2.05) is 13.0 Å². The number of likely N-dealkylation sites (N-methyl/N-ethyl adjacent to an activating group) is 1. The van der Waals surface area contributed by atoms with Crippen LogP contribution >= 0.6 is 0 Å². The summed E-state index contributed by atoms with van der Waals surface area (Å²) in [6, 6.07) is 11.0. The Kier molecular flexibility index (Phi) is 5.14. The smallest absolute Gasteiger partial charge is 0.262 e. The van der Waals surface area contributed by atoms with Crippen molar-refractivity contribution < 1.29 is 24.0 Å². The molecule has 5 amide bonds. The van der Waals surface area contributed by atoms with Gasteiger partial charge in [0.15, 0.2) is 0 Å². The third-order valence-electron chi connectivity index (χ3n) is 5.69. The Hall–Kier alpha value is -3.81. The van der Waals surface area contributed by atoms with Gasteiger partial charge in [0.05, 0.1) is 11.1 Å². The van der Waals surface area contributed by atoms with Gasteiger partial charge in [-0.25, -0.2) is 0 Å². The third-order valence-corrected chi connectivity index (χ3v) is 5.69. The van der Waals surface area contributed by atoms with Crippen molar-refractivity contribution >= 4 is 29.5 Å². The number of carbonyl (C=O) groups is 5. The molecule has 8 nitrogen and oxygen atoms in total. The number of nitrogens with one attached hydrogen (secondary N) is 1. The van der Waals surface area contributed by atoms with Crippen molar-refractivity contribution in [3.05, 3.63) is 70.3 Å². The molecule has 2 aromatic carbocycles. The fourth-order valence-corrected chi connectivity index (χ4v) is 4.00. The SMILES string of the molecule is Cc1cccc(C(=O)NCc2cccc3c2C(=O)N(C2CCC(=O)N(C)C2=O)C3=O)c1. The van der Waals surface area contributed by atoms with Crippen LogP contribution in [0, 0.1) is 6.92 Å². The highest BCUT2D eigenvalue weighted by atomic mass is 16.2. The van der Waals surface area contributed by atoms with Crippen LogP contribution in [0.15, 0.2) is 42.5 Å². The summed E-state index contributed by atoms with van der Waals surface area (Å²) in [5, 5.41) is 2.78. The monoisotopic (exact) mass is 419 g/mol. The number of nitrogens with zero attached hydrogens (tertiary/aromatic N) is 2. The lowest BCUT2D eigenvalue weighted by Crippen LogP contribution is -2.54. The van der Waals surface area contributed by atoms with Crippen LogP contribution in [0.2, 0.25) is 0 Å². The van der Waals surface area contributed by atoms with Crippen LogP contribution < -0.4 is 5.32 Å². The fraction of sp³-hybridized carbons (Fsp3) is 0.261. The summed E-state index contributed by atoms with van der Waals surface area (Å²) in [6.45, 7) is 1.94. The Morgan fingerprint density at radius 2 is 1.81 bits per heavy atom. The molecule has 2 aliphatic rings. The summed E-state index contributed by atoms with van der Waals surface area (Å²) in [5.41, 5.74) is 2.32. The number of piperidine rings is 1. The van der Waals surface area contributed by atoms with Gasteiger partial charge >= 0.3 is 0 Å². The molecule has 1 fully saturated rings. The lowest BCUT2D eigenvalue weighted by Gasteiger charge is -2.32. The van der Waals surface area contributed by atoms with Crippen molar-refractivity contribution in [1.82, 2.24) is 15.1 Å². The van der Waals surface area contributed by atoms with Crippen molar-refractivity contribution in [2.24, 2.45) is 0 Å². The normalized spacial score (nSPS) is 18.5. The predicted octanol–water partition coefficient (Wildman–Crippen LogP) is 1.67. The van der Waals surface area contributed by atoms with Crippen molar-refractivity contribution in [3.63, 3.8) is 0 Å². The number of aryl methyl sites for hydroxylation is 1. The zero-order valence-corrected chi connectivity index (χ0v) is 17.2. The van der Waals surface area contributed by atoms with E-state index in [9.17, 15) is 24.0 Å². The summed E-state index contributed by atoms with van der Waals surface area (Å²) >= 11 is 0. The van der Waals surface area contributed by atoms with Gasteiger partial charge in [-0.05, 0) is 37.1 Å². The molecule has 2 aliphatic heterocycles. The van der Waals surface area contributed by atoms with Gasteiger partial charge in [-0.2, -0.15) is 0 Å². The van der Waals surface area contributed by atoms with Gasteiger partial charge in [-0.3, -0.25) is 33.8 Å².